The molecule has 6 atom stereocenters. The zero-order valence-corrected chi connectivity index (χ0v) is 33.8. The smallest absolute Gasteiger partial charge is 0.410 e. The number of hydrogen-bond donors (Lipinski definition) is 2. The maximum absolute atomic E-state index is 14.3. The van der Waals surface area contributed by atoms with Gasteiger partial charge < -0.3 is 34.0 Å². The molecule has 1 fully saturated rings. The molecule has 1 saturated carbocycles. The van der Waals surface area contributed by atoms with Gasteiger partial charge in [0.2, 0.25) is 5.79 Å². The molecular weight excluding hydrogens is 749 g/mol. The molecule has 2 N–H and O–H groups in total. The quantitative estimate of drug-likeness (QED) is 0.0437. The third-order valence-electron chi connectivity index (χ3n) is 12.1. The van der Waals surface area contributed by atoms with Gasteiger partial charge in [0.25, 0.3) is 0 Å². The van der Waals surface area contributed by atoms with Crippen molar-refractivity contribution in [3.8, 4) is 17.2 Å². The predicted molar refractivity (Wildman–Crippen MR) is 226 cm³/mol. The van der Waals surface area contributed by atoms with Crippen LogP contribution in [0.3, 0.4) is 0 Å². The van der Waals surface area contributed by atoms with E-state index in [1.807, 2.05) is 48.5 Å². The molecule has 0 bridgehead atoms. The van der Waals surface area contributed by atoms with Gasteiger partial charge in [0, 0.05) is 36.7 Å². The van der Waals surface area contributed by atoms with E-state index in [9.17, 15) is 19.8 Å². The van der Waals surface area contributed by atoms with Gasteiger partial charge in [-0.2, -0.15) is 0 Å². The van der Waals surface area contributed by atoms with E-state index < -0.39 is 23.8 Å². The Bertz CT molecular complexity index is 2180. The molecule has 1 amide bonds. The van der Waals surface area contributed by atoms with E-state index in [0.29, 0.717) is 41.4 Å². The Hall–Kier alpha value is -5.49. The van der Waals surface area contributed by atoms with Gasteiger partial charge in [-0.05, 0) is 89.8 Å². The van der Waals surface area contributed by atoms with E-state index in [-0.39, 0.29) is 50.5 Å². The number of allylic oxidation sites excluding steroid dienone is 1. The van der Waals surface area contributed by atoms with Crippen molar-refractivity contribution in [2.75, 3.05) is 34.0 Å². The fraction of sp³-hybridized carbons (Fsp3) is 0.396. The van der Waals surface area contributed by atoms with Gasteiger partial charge in [-0.15, -0.1) is 6.58 Å². The van der Waals surface area contributed by atoms with Gasteiger partial charge in [0.05, 0.1) is 31.9 Å². The van der Waals surface area contributed by atoms with Crippen LogP contribution in [0, 0.1) is 17.8 Å². The predicted octanol–water partition coefficient (Wildman–Crippen LogP) is 8.98. The molecule has 0 spiro atoms. The first-order chi connectivity index (χ1) is 28.9. The third kappa shape index (κ3) is 8.50. The molecule has 11 heteroatoms. The minimum Gasteiger partial charge on any atom is -0.459 e. The molecule has 7 rings (SSSR count). The molecule has 4 aromatic carbocycles. The number of hydrogen-bond acceptors (Lipinski definition) is 10. The lowest BCUT2D eigenvalue weighted by Gasteiger charge is -2.59. The van der Waals surface area contributed by atoms with Gasteiger partial charge in [0.15, 0.2) is 0 Å². The van der Waals surface area contributed by atoms with Crippen molar-refractivity contribution in [1.82, 2.24) is 4.90 Å². The highest BCUT2D eigenvalue weighted by Crippen LogP contribution is 2.62. The summed E-state index contributed by atoms with van der Waals surface area (Å²) in [5.74, 6) is -0.396. The number of ether oxygens (including phenoxy) is 4. The van der Waals surface area contributed by atoms with Crippen molar-refractivity contribution in [2.45, 2.75) is 69.2 Å². The van der Waals surface area contributed by atoms with Gasteiger partial charge in [-0.25, -0.2) is 4.79 Å². The summed E-state index contributed by atoms with van der Waals surface area (Å²) >= 11 is 0. The summed E-state index contributed by atoms with van der Waals surface area (Å²) in [6.07, 6.45) is 9.00. The first kappa shape index (κ1) is 41.7. The summed E-state index contributed by atoms with van der Waals surface area (Å²) in [6, 6.07) is 26.2. The van der Waals surface area contributed by atoms with Crippen molar-refractivity contribution in [3.05, 3.63) is 126 Å². The van der Waals surface area contributed by atoms with Crippen molar-refractivity contribution in [3.63, 3.8) is 0 Å². The average molecular weight is 803 g/mol. The zero-order valence-electron chi connectivity index (χ0n) is 33.8. The van der Waals surface area contributed by atoms with E-state index in [1.165, 1.54) is 14.2 Å². The summed E-state index contributed by atoms with van der Waals surface area (Å²) < 4.78 is 26.4. The first-order valence-corrected chi connectivity index (χ1v) is 20.6. The molecule has 3 aliphatic rings. The molecule has 0 aromatic heterocycles. The van der Waals surface area contributed by atoms with Crippen LogP contribution < -0.4 is 9.47 Å². The van der Waals surface area contributed by atoms with E-state index in [2.05, 4.69) is 36.0 Å². The van der Waals surface area contributed by atoms with Crippen LogP contribution in [0.2, 0.25) is 0 Å². The normalized spacial score (nSPS) is 23.6. The Balaban J connectivity index is 1.45. The molecule has 1 aliphatic heterocycles. The highest BCUT2D eigenvalue weighted by Gasteiger charge is 2.65. The van der Waals surface area contributed by atoms with Gasteiger partial charge in [-0.1, -0.05) is 84.7 Å². The molecule has 310 valence electrons. The number of benzene rings is 4. The lowest BCUT2D eigenvalue weighted by Crippen LogP contribution is -2.70. The second kappa shape index (κ2) is 19.1. The number of aliphatic hydroxyl groups is 2. The Kier molecular flexibility index (Phi) is 13.5. The number of oxime groups is 1. The van der Waals surface area contributed by atoms with Crippen LogP contribution in [0.5, 0.6) is 17.2 Å². The minimum absolute atomic E-state index is 0.0316. The van der Waals surface area contributed by atoms with Crippen molar-refractivity contribution < 1.29 is 43.6 Å². The minimum atomic E-state index is -1.45. The molecule has 59 heavy (non-hydrogen) atoms. The van der Waals surface area contributed by atoms with Crippen LogP contribution in [-0.4, -0.2) is 79.1 Å². The number of fused-ring (bicyclic) bond motifs is 3. The number of unbranched alkanes of at least 4 members (excludes halogenated alkanes) is 2. The number of nitrogens with zero attached hydrogens (tertiary/aromatic N) is 2. The van der Waals surface area contributed by atoms with Crippen molar-refractivity contribution in [1.29, 1.82) is 0 Å². The Labute approximate surface area is 345 Å². The zero-order chi connectivity index (χ0) is 41.4. The Morgan fingerprint density at radius 3 is 2.47 bits per heavy atom. The summed E-state index contributed by atoms with van der Waals surface area (Å²) in [4.78, 5) is 33.2. The lowest BCUT2D eigenvalue weighted by molar-refractivity contribution is -0.256. The molecule has 2 aliphatic carbocycles. The maximum atomic E-state index is 14.3. The fourth-order valence-electron chi connectivity index (χ4n) is 9.64. The van der Waals surface area contributed by atoms with E-state index >= 15 is 0 Å². The Morgan fingerprint density at radius 1 is 0.949 bits per heavy atom. The second-order valence-corrected chi connectivity index (χ2v) is 15.5. The Morgan fingerprint density at radius 2 is 1.71 bits per heavy atom. The highest BCUT2D eigenvalue weighted by atomic mass is 16.7. The number of methoxy groups -OCH3 is 1. The first-order valence-electron chi connectivity index (χ1n) is 20.6. The van der Waals surface area contributed by atoms with Crippen molar-refractivity contribution in [2.24, 2.45) is 22.9 Å². The van der Waals surface area contributed by atoms with Crippen LogP contribution >= 0.6 is 0 Å². The molecule has 4 aromatic rings. The molecular formula is C48H54N2O9. The van der Waals surface area contributed by atoms with Crippen LogP contribution in [0.25, 0.3) is 10.8 Å². The highest BCUT2D eigenvalue weighted by molar-refractivity contribution is 6.03. The second-order valence-electron chi connectivity index (χ2n) is 15.5. The monoisotopic (exact) mass is 802 g/mol. The number of aldehydes is 1. The van der Waals surface area contributed by atoms with Crippen LogP contribution in [0.1, 0.15) is 72.3 Å². The number of carbonyl (C=O) groups excluding carboxylic acids is 2. The summed E-state index contributed by atoms with van der Waals surface area (Å²) in [5.41, 5.74) is 3.96. The number of rotatable bonds is 18. The fourth-order valence-corrected chi connectivity index (χ4v) is 9.64. The number of aliphatic hydroxyl groups excluding tert-OH is 2. The van der Waals surface area contributed by atoms with Gasteiger partial charge >= 0.3 is 6.09 Å². The number of carbonyl (C=O) groups is 2. The standard InChI is InChI=1S/C48H54N2O9/c1-4-25-57-48-44(50(47(54)55-2)30-35-17-12-16-33-14-5-6-19-38(33)35)29-42(49-56-3)40-27-34(15-7-9-23-51)39(20-8-10-24-52)45(46(40)48)41-28-37(21-22-43(41)59-48)58-36-18-11-13-32(26-36)31-53/h4-6,11-14,16-19,21-22,26-28,31,34,39,44-46,51-52H,1,7-10,15,20,23-25,29-30H2,2-3H3. The van der Waals surface area contributed by atoms with E-state index in [0.717, 1.165) is 59.4 Å². The molecule has 11 nitrogen and oxygen atoms in total. The van der Waals surface area contributed by atoms with Crippen LogP contribution in [-0.2, 0) is 20.9 Å². The average Bonchev–Trinajstić information content (AvgIpc) is 3.26. The van der Waals surface area contributed by atoms with Crippen LogP contribution in [0.15, 0.2) is 114 Å². The molecule has 0 radical (unpaired) electrons. The lowest BCUT2D eigenvalue weighted by atomic mass is 9.55. The van der Waals surface area contributed by atoms with Crippen LogP contribution in [0.4, 0.5) is 4.79 Å². The summed E-state index contributed by atoms with van der Waals surface area (Å²) in [7, 11) is 2.91. The third-order valence-corrected chi connectivity index (χ3v) is 12.1. The largest absolute Gasteiger partial charge is 0.459 e. The molecule has 6 unspecified atom stereocenters. The summed E-state index contributed by atoms with van der Waals surface area (Å²) in [5, 5.41) is 26.5. The number of amides is 1. The molecule has 1 heterocycles. The van der Waals surface area contributed by atoms with E-state index in [4.69, 9.17) is 23.8 Å². The maximum Gasteiger partial charge on any atom is 0.410 e. The van der Waals surface area contributed by atoms with E-state index in [1.54, 1.807) is 29.2 Å². The van der Waals surface area contributed by atoms with Crippen molar-refractivity contribution >= 4 is 28.9 Å². The molecule has 0 saturated heterocycles. The van der Waals surface area contributed by atoms with Gasteiger partial charge in [0.1, 0.15) is 36.7 Å². The SMILES string of the molecule is C=CCOC12Oc3ccc(Oc4cccc(C=O)c4)cc3C3C(CCCCO)C(CCCCO)C=C(C(=NOC)CC1N(Cc1cccc4ccccc14)C(=O)OC)C32. The summed E-state index contributed by atoms with van der Waals surface area (Å²) in [6.45, 7) is 4.53. The van der Waals surface area contributed by atoms with Gasteiger partial charge in [-0.3, -0.25) is 9.69 Å². The topological polar surface area (TPSA) is 136 Å².